The molecule has 0 fully saturated rings. The molecule has 17 heavy (non-hydrogen) atoms. The second-order valence-corrected chi connectivity index (χ2v) is 5.38. The van der Waals surface area contributed by atoms with Crippen LogP contribution in [0.4, 0.5) is 5.69 Å². The van der Waals surface area contributed by atoms with Gasteiger partial charge in [-0.05, 0) is 68.6 Å². The minimum atomic E-state index is 0.747. The first-order valence-corrected chi connectivity index (χ1v) is 6.64. The minimum absolute atomic E-state index is 0.747. The van der Waals surface area contributed by atoms with Gasteiger partial charge in [0.05, 0.1) is 8.95 Å². The Morgan fingerprint density at radius 3 is 2.41 bits per heavy atom. The molecule has 2 aromatic carbocycles. The van der Waals surface area contributed by atoms with E-state index < -0.39 is 0 Å². The third-order valence-corrected chi connectivity index (χ3v) is 3.65. The van der Waals surface area contributed by atoms with Gasteiger partial charge < -0.3 is 10.5 Å². The van der Waals surface area contributed by atoms with E-state index in [1.165, 1.54) is 0 Å². The zero-order valence-electron chi connectivity index (χ0n) is 9.21. The molecule has 2 nitrogen and oxygen atoms in total. The zero-order chi connectivity index (χ0) is 12.4. The summed E-state index contributed by atoms with van der Waals surface area (Å²) in [5.41, 5.74) is 7.56. The van der Waals surface area contributed by atoms with Crippen molar-refractivity contribution in [1.29, 1.82) is 0 Å². The number of halogens is 2. The summed E-state index contributed by atoms with van der Waals surface area (Å²) >= 11 is 6.89. The first kappa shape index (κ1) is 12.5. The number of para-hydroxylation sites is 1. The highest BCUT2D eigenvalue weighted by molar-refractivity contribution is 9.11. The highest BCUT2D eigenvalue weighted by Crippen LogP contribution is 2.35. The molecule has 2 N–H and O–H groups in total. The standard InChI is InChI=1S/C13H11Br2NO/c1-8-6-13(10(15)7-11(8)16)17-12-5-3-2-4-9(12)14/h2-7H,16H2,1H3. The second-order valence-electron chi connectivity index (χ2n) is 3.67. The number of benzene rings is 2. The lowest BCUT2D eigenvalue weighted by Crippen LogP contribution is -1.92. The van der Waals surface area contributed by atoms with Crippen LogP contribution in [0.25, 0.3) is 0 Å². The third kappa shape index (κ3) is 2.82. The molecule has 0 amide bonds. The molecule has 4 heteroatoms. The lowest BCUT2D eigenvalue weighted by atomic mass is 10.2. The van der Waals surface area contributed by atoms with Gasteiger partial charge in [-0.25, -0.2) is 0 Å². The summed E-state index contributed by atoms with van der Waals surface area (Å²) in [6.07, 6.45) is 0. The molecule has 0 bridgehead atoms. The lowest BCUT2D eigenvalue weighted by Gasteiger charge is -2.11. The van der Waals surface area contributed by atoms with Gasteiger partial charge in [0.15, 0.2) is 0 Å². The molecule has 0 aromatic heterocycles. The van der Waals surface area contributed by atoms with Gasteiger partial charge in [0.25, 0.3) is 0 Å². The Kier molecular flexibility index (Phi) is 3.74. The Bertz CT molecular complexity index is 555. The van der Waals surface area contributed by atoms with Crippen molar-refractivity contribution in [2.75, 3.05) is 5.73 Å². The molecule has 0 saturated carbocycles. The second kappa shape index (κ2) is 5.10. The van der Waals surface area contributed by atoms with E-state index in [2.05, 4.69) is 31.9 Å². The van der Waals surface area contributed by atoms with Crippen LogP contribution >= 0.6 is 31.9 Å². The Balaban J connectivity index is 2.37. The van der Waals surface area contributed by atoms with Crippen molar-refractivity contribution in [2.24, 2.45) is 0 Å². The van der Waals surface area contributed by atoms with Crippen LogP contribution < -0.4 is 10.5 Å². The maximum atomic E-state index is 5.83. The van der Waals surface area contributed by atoms with Crippen LogP contribution in [0.2, 0.25) is 0 Å². The first-order chi connectivity index (χ1) is 8.08. The van der Waals surface area contributed by atoms with Gasteiger partial charge in [0.1, 0.15) is 11.5 Å². The molecule has 0 unspecified atom stereocenters. The average molecular weight is 357 g/mol. The predicted molar refractivity (Wildman–Crippen MR) is 77.5 cm³/mol. The van der Waals surface area contributed by atoms with Crippen molar-refractivity contribution in [3.63, 3.8) is 0 Å². The normalized spacial score (nSPS) is 10.3. The van der Waals surface area contributed by atoms with Gasteiger partial charge in [0, 0.05) is 5.69 Å². The smallest absolute Gasteiger partial charge is 0.142 e. The van der Waals surface area contributed by atoms with E-state index >= 15 is 0 Å². The van der Waals surface area contributed by atoms with E-state index in [1.807, 2.05) is 43.3 Å². The average Bonchev–Trinajstić information content (AvgIpc) is 2.29. The molecule has 0 atom stereocenters. The van der Waals surface area contributed by atoms with Crippen LogP contribution in [0.3, 0.4) is 0 Å². The highest BCUT2D eigenvalue weighted by Gasteiger charge is 2.07. The van der Waals surface area contributed by atoms with Gasteiger partial charge in [-0.15, -0.1) is 0 Å². The molecule has 2 rings (SSSR count). The number of anilines is 1. The molecule has 0 aliphatic carbocycles. The fraction of sp³-hybridized carbons (Fsp3) is 0.0769. The maximum absolute atomic E-state index is 5.83. The Labute approximate surface area is 117 Å². The summed E-state index contributed by atoms with van der Waals surface area (Å²) in [6.45, 7) is 1.95. The van der Waals surface area contributed by atoms with Crippen molar-refractivity contribution in [1.82, 2.24) is 0 Å². The fourth-order valence-electron chi connectivity index (χ4n) is 1.39. The number of ether oxygens (including phenoxy) is 1. The van der Waals surface area contributed by atoms with Crippen LogP contribution in [-0.4, -0.2) is 0 Å². The molecule has 0 heterocycles. The Hall–Kier alpha value is -1.00. The number of nitrogens with two attached hydrogens (primary N) is 1. The summed E-state index contributed by atoms with van der Waals surface area (Å²) in [7, 11) is 0. The van der Waals surface area contributed by atoms with Gasteiger partial charge in [-0.3, -0.25) is 0 Å². The largest absolute Gasteiger partial charge is 0.455 e. The maximum Gasteiger partial charge on any atom is 0.142 e. The van der Waals surface area contributed by atoms with Crippen LogP contribution in [0.15, 0.2) is 45.3 Å². The van der Waals surface area contributed by atoms with E-state index in [0.717, 1.165) is 31.7 Å². The summed E-state index contributed by atoms with van der Waals surface area (Å²) in [5.74, 6) is 1.53. The predicted octanol–water partition coefficient (Wildman–Crippen LogP) is 4.89. The quantitative estimate of drug-likeness (QED) is 0.777. The molecule has 0 spiro atoms. The van der Waals surface area contributed by atoms with Crippen molar-refractivity contribution in [3.05, 3.63) is 50.9 Å². The van der Waals surface area contributed by atoms with Gasteiger partial charge in [0.2, 0.25) is 0 Å². The number of hydrogen-bond acceptors (Lipinski definition) is 2. The third-order valence-electron chi connectivity index (χ3n) is 2.38. The Morgan fingerprint density at radius 1 is 1.00 bits per heavy atom. The monoisotopic (exact) mass is 355 g/mol. The van der Waals surface area contributed by atoms with Gasteiger partial charge in [-0.1, -0.05) is 12.1 Å². The topological polar surface area (TPSA) is 35.2 Å². The fourth-order valence-corrected chi connectivity index (χ4v) is 2.20. The molecule has 0 aliphatic heterocycles. The van der Waals surface area contributed by atoms with E-state index in [4.69, 9.17) is 10.5 Å². The number of hydrogen-bond donors (Lipinski definition) is 1. The molecule has 88 valence electrons. The molecule has 0 radical (unpaired) electrons. The van der Waals surface area contributed by atoms with E-state index in [0.29, 0.717) is 0 Å². The van der Waals surface area contributed by atoms with E-state index in [9.17, 15) is 0 Å². The van der Waals surface area contributed by atoms with Gasteiger partial charge in [-0.2, -0.15) is 0 Å². The molecule has 0 saturated heterocycles. The molecule has 0 aliphatic rings. The van der Waals surface area contributed by atoms with E-state index in [1.54, 1.807) is 0 Å². The van der Waals surface area contributed by atoms with Crippen molar-refractivity contribution in [2.45, 2.75) is 6.92 Å². The van der Waals surface area contributed by atoms with Crippen LogP contribution in [0, 0.1) is 6.92 Å². The number of nitrogen functional groups attached to an aromatic ring is 1. The zero-order valence-corrected chi connectivity index (χ0v) is 12.4. The summed E-state index contributed by atoms with van der Waals surface area (Å²) in [6, 6.07) is 11.5. The number of rotatable bonds is 2. The minimum Gasteiger partial charge on any atom is -0.455 e. The first-order valence-electron chi connectivity index (χ1n) is 5.06. The van der Waals surface area contributed by atoms with Crippen LogP contribution in [0.5, 0.6) is 11.5 Å². The summed E-state index contributed by atoms with van der Waals surface area (Å²) in [5, 5.41) is 0. The SMILES string of the molecule is Cc1cc(Oc2ccccc2Br)c(Br)cc1N. The van der Waals surface area contributed by atoms with Crippen molar-refractivity contribution < 1.29 is 4.74 Å². The summed E-state index contributed by atoms with van der Waals surface area (Å²) in [4.78, 5) is 0. The van der Waals surface area contributed by atoms with Crippen molar-refractivity contribution >= 4 is 37.5 Å². The summed E-state index contributed by atoms with van der Waals surface area (Å²) < 4.78 is 7.59. The molecular weight excluding hydrogens is 346 g/mol. The molecule has 2 aromatic rings. The lowest BCUT2D eigenvalue weighted by molar-refractivity contribution is 0.476. The van der Waals surface area contributed by atoms with Crippen molar-refractivity contribution in [3.8, 4) is 11.5 Å². The van der Waals surface area contributed by atoms with Gasteiger partial charge >= 0.3 is 0 Å². The van der Waals surface area contributed by atoms with E-state index in [-0.39, 0.29) is 0 Å². The highest BCUT2D eigenvalue weighted by atomic mass is 79.9. The van der Waals surface area contributed by atoms with Crippen LogP contribution in [-0.2, 0) is 0 Å². The molecular formula is C13H11Br2NO. The van der Waals surface area contributed by atoms with Crippen LogP contribution in [0.1, 0.15) is 5.56 Å². The number of aryl methyl sites for hydroxylation is 1. The Morgan fingerprint density at radius 2 is 1.71 bits per heavy atom.